The first-order valence-corrected chi connectivity index (χ1v) is 10.4. The second-order valence-corrected chi connectivity index (χ2v) is 7.85. The number of carbonyl (C=O) groups is 2. The molecule has 1 saturated carbocycles. The number of rotatable bonds is 4. The monoisotopic (exact) mass is 417 g/mol. The van der Waals surface area contributed by atoms with Crippen LogP contribution in [-0.2, 0) is 11.3 Å². The second-order valence-electron chi connectivity index (χ2n) is 7.85. The minimum Gasteiger partial charge on any atom is -0.497 e. The number of nitrogens with zero attached hydrogens (tertiary/aromatic N) is 3. The van der Waals surface area contributed by atoms with Crippen LogP contribution in [0.25, 0.3) is 11.3 Å². The lowest BCUT2D eigenvalue weighted by atomic mass is 10.1. The van der Waals surface area contributed by atoms with Gasteiger partial charge in [-0.3, -0.25) is 9.59 Å². The summed E-state index contributed by atoms with van der Waals surface area (Å²) in [6, 6.07) is 15.4. The number of oxazole rings is 1. The highest BCUT2D eigenvalue weighted by Crippen LogP contribution is 2.35. The topological polar surface area (TPSA) is 75.9 Å². The molecule has 0 spiro atoms. The lowest BCUT2D eigenvalue weighted by Crippen LogP contribution is -2.41. The Bertz CT molecular complexity index is 1120. The zero-order valence-electron chi connectivity index (χ0n) is 17.3. The second kappa shape index (κ2) is 7.91. The molecule has 7 nitrogen and oxygen atoms in total. The van der Waals surface area contributed by atoms with Crippen molar-refractivity contribution >= 4 is 17.5 Å². The van der Waals surface area contributed by atoms with Crippen molar-refractivity contribution in [3.63, 3.8) is 0 Å². The van der Waals surface area contributed by atoms with Gasteiger partial charge in [-0.05, 0) is 36.6 Å². The third-order valence-electron chi connectivity index (χ3n) is 5.83. The molecule has 1 aromatic heterocycles. The van der Waals surface area contributed by atoms with E-state index in [9.17, 15) is 9.59 Å². The van der Waals surface area contributed by atoms with E-state index < -0.39 is 0 Å². The number of fused-ring (bicyclic) bond motifs is 1. The number of ether oxygens (including phenoxy) is 1. The van der Waals surface area contributed by atoms with Gasteiger partial charge in [-0.1, -0.05) is 30.3 Å². The summed E-state index contributed by atoms with van der Waals surface area (Å²) in [4.78, 5) is 34.3. The molecule has 3 aromatic rings. The standard InChI is InChI=1S/C24H23N3O4/c1-30-19-9-10-20-17(13-19)14-27(18-7-8-18)21(28)11-12-26(20)24(29)22-23(31-15-25-22)16-5-3-2-4-6-16/h2-6,9-10,13,15,18H,7-8,11-12,14H2,1H3. The molecule has 0 radical (unpaired) electrons. The van der Waals surface area contributed by atoms with Crippen LogP contribution in [0.1, 0.15) is 35.3 Å². The highest BCUT2D eigenvalue weighted by molar-refractivity contribution is 6.08. The minimum absolute atomic E-state index is 0.0669. The van der Waals surface area contributed by atoms with Crippen LogP contribution in [0.4, 0.5) is 5.69 Å². The first-order chi connectivity index (χ1) is 15.2. The predicted molar refractivity (Wildman–Crippen MR) is 115 cm³/mol. The fourth-order valence-corrected chi connectivity index (χ4v) is 4.07. The van der Waals surface area contributed by atoms with Crippen molar-refractivity contribution < 1.29 is 18.7 Å². The summed E-state index contributed by atoms with van der Waals surface area (Å²) >= 11 is 0. The highest BCUT2D eigenvalue weighted by atomic mass is 16.5. The average molecular weight is 417 g/mol. The Morgan fingerprint density at radius 3 is 2.71 bits per heavy atom. The maximum absolute atomic E-state index is 13.6. The number of amides is 2. The van der Waals surface area contributed by atoms with Crippen molar-refractivity contribution in [3.8, 4) is 17.1 Å². The zero-order chi connectivity index (χ0) is 21.4. The van der Waals surface area contributed by atoms with Gasteiger partial charge in [0.05, 0.1) is 7.11 Å². The maximum atomic E-state index is 13.6. The summed E-state index contributed by atoms with van der Waals surface area (Å²) in [6.07, 6.45) is 3.63. The summed E-state index contributed by atoms with van der Waals surface area (Å²) in [5.74, 6) is 0.902. The minimum atomic E-state index is -0.285. The number of anilines is 1. The van der Waals surface area contributed by atoms with E-state index in [0.29, 0.717) is 24.1 Å². The van der Waals surface area contributed by atoms with E-state index >= 15 is 0 Å². The Morgan fingerprint density at radius 1 is 1.16 bits per heavy atom. The summed E-state index contributed by atoms with van der Waals surface area (Å²) in [7, 11) is 1.61. The van der Waals surface area contributed by atoms with Crippen molar-refractivity contribution in [2.75, 3.05) is 18.6 Å². The molecule has 2 heterocycles. The van der Waals surface area contributed by atoms with Crippen LogP contribution in [-0.4, -0.2) is 41.4 Å². The number of carbonyl (C=O) groups excluding carboxylic acids is 2. The Morgan fingerprint density at radius 2 is 1.97 bits per heavy atom. The number of aromatic nitrogens is 1. The van der Waals surface area contributed by atoms with Crippen LogP contribution in [0.2, 0.25) is 0 Å². The van der Waals surface area contributed by atoms with Gasteiger partial charge in [-0.25, -0.2) is 4.98 Å². The summed E-state index contributed by atoms with van der Waals surface area (Å²) in [5.41, 5.74) is 2.67. The first-order valence-electron chi connectivity index (χ1n) is 10.4. The molecule has 2 amide bonds. The van der Waals surface area contributed by atoms with Crippen LogP contribution in [0.15, 0.2) is 59.3 Å². The molecule has 0 saturated heterocycles. The molecular formula is C24H23N3O4. The maximum Gasteiger partial charge on any atom is 0.280 e. The van der Waals surface area contributed by atoms with Gasteiger partial charge >= 0.3 is 0 Å². The molecule has 1 aliphatic carbocycles. The van der Waals surface area contributed by atoms with E-state index in [1.165, 1.54) is 6.39 Å². The van der Waals surface area contributed by atoms with E-state index in [-0.39, 0.29) is 30.5 Å². The number of benzene rings is 2. The molecule has 0 N–H and O–H groups in total. The van der Waals surface area contributed by atoms with Crippen molar-refractivity contribution in [2.45, 2.75) is 31.8 Å². The zero-order valence-corrected chi connectivity index (χ0v) is 17.3. The van der Waals surface area contributed by atoms with Crippen LogP contribution in [0, 0.1) is 0 Å². The van der Waals surface area contributed by atoms with Gasteiger partial charge in [-0.15, -0.1) is 0 Å². The quantitative estimate of drug-likeness (QED) is 0.644. The predicted octanol–water partition coefficient (Wildman–Crippen LogP) is 3.89. The SMILES string of the molecule is COc1ccc2c(c1)CN(C1CC1)C(=O)CCN2C(=O)c1ncoc1-c1ccccc1. The molecular weight excluding hydrogens is 394 g/mol. The molecule has 1 aliphatic heterocycles. The number of hydrogen-bond donors (Lipinski definition) is 0. The summed E-state index contributed by atoms with van der Waals surface area (Å²) in [5, 5.41) is 0. The molecule has 31 heavy (non-hydrogen) atoms. The van der Waals surface area contributed by atoms with Gasteiger partial charge in [0.25, 0.3) is 5.91 Å². The van der Waals surface area contributed by atoms with E-state index in [1.807, 2.05) is 53.4 Å². The molecule has 158 valence electrons. The van der Waals surface area contributed by atoms with Crippen LogP contribution in [0.3, 0.4) is 0 Å². The number of hydrogen-bond acceptors (Lipinski definition) is 5. The Kier molecular flexibility index (Phi) is 4.94. The van der Waals surface area contributed by atoms with Gasteiger partial charge in [0.2, 0.25) is 5.91 Å². The number of methoxy groups -OCH3 is 1. The van der Waals surface area contributed by atoms with Crippen molar-refractivity contribution in [3.05, 3.63) is 66.2 Å². The molecule has 0 bridgehead atoms. The molecule has 1 fully saturated rings. The molecule has 2 aromatic carbocycles. The Balaban J connectivity index is 1.55. The lowest BCUT2D eigenvalue weighted by molar-refractivity contribution is -0.132. The van der Waals surface area contributed by atoms with Crippen LogP contribution >= 0.6 is 0 Å². The molecule has 7 heteroatoms. The average Bonchev–Trinajstić information content (AvgIpc) is 3.51. The van der Waals surface area contributed by atoms with Gasteiger partial charge in [0, 0.05) is 36.8 Å². The highest BCUT2D eigenvalue weighted by Gasteiger charge is 2.36. The van der Waals surface area contributed by atoms with E-state index in [1.54, 1.807) is 12.0 Å². The third-order valence-corrected chi connectivity index (χ3v) is 5.83. The third kappa shape index (κ3) is 3.67. The van der Waals surface area contributed by atoms with Crippen molar-refractivity contribution in [1.82, 2.24) is 9.88 Å². The lowest BCUT2D eigenvalue weighted by Gasteiger charge is -2.32. The van der Waals surface area contributed by atoms with Crippen molar-refractivity contribution in [2.24, 2.45) is 0 Å². The Hall–Kier alpha value is -3.61. The van der Waals surface area contributed by atoms with Gasteiger partial charge < -0.3 is 19.0 Å². The fraction of sp³-hybridized carbons (Fsp3) is 0.292. The Labute approximate surface area is 180 Å². The summed E-state index contributed by atoms with van der Waals surface area (Å²) in [6.45, 7) is 0.742. The summed E-state index contributed by atoms with van der Waals surface area (Å²) < 4.78 is 11.0. The van der Waals surface area contributed by atoms with E-state index in [4.69, 9.17) is 9.15 Å². The van der Waals surface area contributed by atoms with Gasteiger partial charge in [-0.2, -0.15) is 0 Å². The van der Waals surface area contributed by atoms with Crippen LogP contribution < -0.4 is 9.64 Å². The normalized spacial score (nSPS) is 16.5. The molecule has 0 unspecified atom stereocenters. The first kappa shape index (κ1) is 19.4. The molecule has 2 aliphatic rings. The van der Waals surface area contributed by atoms with E-state index in [2.05, 4.69) is 4.98 Å². The van der Waals surface area contributed by atoms with E-state index in [0.717, 1.165) is 29.7 Å². The molecule has 5 rings (SSSR count). The smallest absolute Gasteiger partial charge is 0.280 e. The van der Waals surface area contributed by atoms with Crippen LogP contribution in [0.5, 0.6) is 5.75 Å². The molecule has 0 atom stereocenters. The van der Waals surface area contributed by atoms with Crippen molar-refractivity contribution in [1.29, 1.82) is 0 Å². The largest absolute Gasteiger partial charge is 0.497 e. The fourth-order valence-electron chi connectivity index (χ4n) is 4.07. The van der Waals surface area contributed by atoms with Gasteiger partial charge in [0.15, 0.2) is 17.8 Å². The van der Waals surface area contributed by atoms with Gasteiger partial charge in [0.1, 0.15) is 5.75 Å².